The molecule has 2 aliphatic carbocycles. The molecule has 0 heterocycles. The maximum absolute atomic E-state index is 13.7. The monoisotopic (exact) mass is 998 g/mol. The number of nitrogen functional groups attached to an aromatic ring is 1. The van der Waals surface area contributed by atoms with E-state index in [2.05, 4.69) is 60.7 Å². The first kappa shape index (κ1) is 57.4. The van der Waals surface area contributed by atoms with Crippen LogP contribution in [0.3, 0.4) is 0 Å². The Labute approximate surface area is 452 Å². The molecule has 0 aliphatic heterocycles. The molecular weight excluding hydrogens is 962 g/mol. The molecule has 0 fully saturated rings. The molecule has 0 unspecified atom stereocenters. The summed E-state index contributed by atoms with van der Waals surface area (Å²) in [4.78, 5) is 24.9. The van der Waals surface area contributed by atoms with E-state index in [1.54, 1.807) is 48.5 Å². The van der Waals surface area contributed by atoms with Crippen molar-refractivity contribution in [2.75, 3.05) is 48.1 Å². The van der Waals surface area contributed by atoms with Gasteiger partial charge in [0, 0.05) is 24.9 Å². The van der Waals surface area contributed by atoms with E-state index in [-0.39, 0.29) is 106 Å². The zero-order valence-corrected chi connectivity index (χ0v) is 45.1. The molecule has 0 radical (unpaired) electrons. The molecule has 0 spiro atoms. The van der Waals surface area contributed by atoms with E-state index in [1.807, 2.05) is 0 Å². The second kappa shape index (κ2) is 24.6. The average molecular weight is 999 g/mol. The van der Waals surface area contributed by atoms with Crippen LogP contribution in [0.4, 0.5) is 39.8 Å². The van der Waals surface area contributed by atoms with Gasteiger partial charge in [-0.3, -0.25) is 20.4 Å². The van der Waals surface area contributed by atoms with E-state index < -0.39 is 79.0 Å². The summed E-state index contributed by atoms with van der Waals surface area (Å²) in [6, 6.07) is 18.0. The molecule has 0 saturated heterocycles. The second-order valence-electron chi connectivity index (χ2n) is 13.7. The zero-order chi connectivity index (χ0) is 46.4. The molecule has 4 aromatic carbocycles. The van der Waals surface area contributed by atoms with Gasteiger partial charge in [0.05, 0.1) is 54.4 Å². The first-order valence-corrected chi connectivity index (χ1v) is 23.2. The number of likely N-dealkylation sites (N-methyl/N-ethyl adjacent to an activating group) is 1. The zero-order valence-electron chi connectivity index (χ0n) is 36.7. The number of nitrogens with zero attached hydrogens (tertiary/aromatic N) is 5. The SMILES string of the molecule is CCN(CC)CCNC1=CC(=O)C=CC1=NNc1ccc(Nc2ccc(N=Nc3c(S(=O)(=O)[O-])cc4c(c3N)C(=O)C(=NNc3ccccc3)C(S(=O)(=O)[O-])=C4)cc2S(=O)(=O)[O-])cc1.[Na+].[Na+].[Na+]. The van der Waals surface area contributed by atoms with Crippen molar-refractivity contribution in [3.63, 3.8) is 0 Å². The van der Waals surface area contributed by atoms with Gasteiger partial charge in [0.15, 0.2) is 5.78 Å². The van der Waals surface area contributed by atoms with Gasteiger partial charge < -0.3 is 34.9 Å². The molecule has 21 nitrogen and oxygen atoms in total. The molecule has 4 aromatic rings. The van der Waals surface area contributed by atoms with E-state index in [0.29, 0.717) is 47.2 Å². The van der Waals surface area contributed by atoms with Crippen molar-refractivity contribution in [2.24, 2.45) is 20.4 Å². The average Bonchev–Trinajstić information content (AvgIpc) is 3.24. The van der Waals surface area contributed by atoms with Crippen LogP contribution in [0, 0.1) is 0 Å². The summed E-state index contributed by atoms with van der Waals surface area (Å²) in [6.45, 7) is 7.23. The number of nitrogens with one attached hydrogen (secondary N) is 4. The summed E-state index contributed by atoms with van der Waals surface area (Å²) in [5.41, 5.74) is 9.49. The van der Waals surface area contributed by atoms with Crippen LogP contribution in [-0.2, 0) is 35.1 Å². The second-order valence-corrected chi connectivity index (χ2v) is 17.7. The summed E-state index contributed by atoms with van der Waals surface area (Å²) < 4.78 is 111. The van der Waals surface area contributed by atoms with E-state index in [4.69, 9.17) is 5.73 Å². The van der Waals surface area contributed by atoms with Crippen LogP contribution in [0.1, 0.15) is 29.8 Å². The largest absolute Gasteiger partial charge is 1.00 e. The molecule has 0 bridgehead atoms. The summed E-state index contributed by atoms with van der Waals surface area (Å²) in [5.74, 6) is -1.45. The fourth-order valence-corrected chi connectivity index (χ4v) is 8.22. The normalized spacial score (nSPS) is 15.0. The third-order valence-electron chi connectivity index (χ3n) is 9.48. The fraction of sp³-hybridized carbons (Fsp3) is 0.150. The van der Waals surface area contributed by atoms with Gasteiger partial charge in [0.1, 0.15) is 47.5 Å². The van der Waals surface area contributed by atoms with Crippen LogP contribution in [0.5, 0.6) is 0 Å². The Morgan fingerprint density at radius 1 is 0.687 bits per heavy atom. The number of rotatable bonds is 17. The number of ketones is 2. The number of benzene rings is 4. The van der Waals surface area contributed by atoms with Crippen LogP contribution in [0.2, 0.25) is 0 Å². The molecule has 27 heteroatoms. The van der Waals surface area contributed by atoms with Gasteiger partial charge in [-0.2, -0.15) is 15.3 Å². The molecule has 2 aliphatic rings. The molecule has 0 saturated carbocycles. The van der Waals surface area contributed by atoms with Crippen LogP contribution < -0.4 is 116 Å². The number of Topliss-reactive ketones (excluding diaryl/α,β-unsaturated/α-hetero) is 1. The fourth-order valence-electron chi connectivity index (χ4n) is 6.26. The molecule has 0 atom stereocenters. The van der Waals surface area contributed by atoms with Crippen molar-refractivity contribution in [3.05, 3.63) is 119 Å². The Morgan fingerprint density at radius 2 is 1.30 bits per heavy atom. The minimum Gasteiger partial charge on any atom is -0.744 e. The summed E-state index contributed by atoms with van der Waals surface area (Å²) in [6.07, 6.45) is 5.04. The number of carbonyl (C=O) groups excluding carboxylic acids is 2. The van der Waals surface area contributed by atoms with Crippen molar-refractivity contribution >= 4 is 99.2 Å². The molecule has 0 aromatic heterocycles. The maximum Gasteiger partial charge on any atom is 1.00 e. The van der Waals surface area contributed by atoms with Crippen LogP contribution in [0.25, 0.3) is 6.08 Å². The first-order valence-electron chi connectivity index (χ1n) is 18.9. The molecule has 334 valence electrons. The van der Waals surface area contributed by atoms with Gasteiger partial charge in [-0.15, -0.1) is 5.11 Å². The Hall–Kier alpha value is -3.93. The van der Waals surface area contributed by atoms with Crippen LogP contribution in [-0.4, -0.2) is 93.0 Å². The number of fused-ring (bicyclic) bond motifs is 1. The minimum absolute atomic E-state index is 0. The standard InChI is InChI=1S/C40H40N10O11S3.3Na/c1-3-50(4-2)19-18-42-32-23-29(51)15-17-30(32)47-44-27-12-10-25(11-13-27)43-31-16-14-28(22-33(31)62(53,54)55)46-48-38-34(63(56,57)58)20-24-21-35(64(59,60)61)39(40(52)36(24)37(38)41)49-45-26-8-6-5-7-9-26;;;/h5-17,20-23,42-45H,3-4,18-19,41H2,1-2H3,(H,53,54,55)(H,56,57,58)(H,59,60,61);;;/q;3*+1/p-3. The Morgan fingerprint density at radius 3 is 1.91 bits per heavy atom. The first-order chi connectivity index (χ1) is 30.3. The Bertz CT molecular complexity index is 3060. The van der Waals surface area contributed by atoms with Crippen molar-refractivity contribution in [2.45, 2.75) is 23.6 Å². The quantitative estimate of drug-likeness (QED) is 0.0166. The van der Waals surface area contributed by atoms with E-state index in [1.165, 1.54) is 30.4 Å². The maximum atomic E-state index is 13.7. The number of anilines is 5. The number of para-hydroxylation sites is 1. The number of hydrogen-bond acceptors (Lipinski definition) is 21. The van der Waals surface area contributed by atoms with E-state index in [9.17, 15) is 48.5 Å². The molecule has 6 rings (SSSR count). The number of carbonyl (C=O) groups is 2. The van der Waals surface area contributed by atoms with Gasteiger partial charge in [0.2, 0.25) is 5.78 Å². The predicted octanol–water partition coefficient (Wildman–Crippen LogP) is -4.48. The summed E-state index contributed by atoms with van der Waals surface area (Å²) in [5, 5.41) is 21.8. The molecule has 67 heavy (non-hydrogen) atoms. The van der Waals surface area contributed by atoms with Gasteiger partial charge in [-0.1, -0.05) is 32.0 Å². The van der Waals surface area contributed by atoms with Crippen LogP contribution in [0.15, 0.2) is 138 Å². The molecule has 6 N–H and O–H groups in total. The Kier molecular flexibility index (Phi) is 21.0. The van der Waals surface area contributed by atoms with Crippen molar-refractivity contribution in [1.82, 2.24) is 10.2 Å². The summed E-state index contributed by atoms with van der Waals surface area (Å²) in [7, 11) is -16.2. The minimum atomic E-state index is -5.51. The summed E-state index contributed by atoms with van der Waals surface area (Å²) >= 11 is 0. The van der Waals surface area contributed by atoms with Crippen molar-refractivity contribution < 1.29 is 137 Å². The predicted molar refractivity (Wildman–Crippen MR) is 236 cm³/mol. The van der Waals surface area contributed by atoms with Crippen LogP contribution >= 0.6 is 0 Å². The third kappa shape index (κ3) is 14.8. The van der Waals surface area contributed by atoms with Gasteiger partial charge in [-0.25, -0.2) is 25.3 Å². The number of azo groups is 1. The number of hydrogen-bond donors (Lipinski definition) is 5. The number of hydrazone groups is 2. The van der Waals surface area contributed by atoms with E-state index >= 15 is 0 Å². The molecule has 0 amide bonds. The molecular formula is C40H37N10Na3O11S3. The van der Waals surface area contributed by atoms with Crippen molar-refractivity contribution in [3.8, 4) is 0 Å². The van der Waals surface area contributed by atoms with Gasteiger partial charge >= 0.3 is 88.7 Å². The third-order valence-corrected chi connectivity index (χ3v) is 12.1. The smallest absolute Gasteiger partial charge is 0.744 e. The number of allylic oxidation sites excluding steroid dienone is 4. The van der Waals surface area contributed by atoms with Gasteiger partial charge in [-0.05, 0) is 97.5 Å². The van der Waals surface area contributed by atoms with E-state index in [0.717, 1.165) is 31.8 Å². The van der Waals surface area contributed by atoms with Gasteiger partial charge in [0.25, 0.3) is 0 Å². The Balaban J connectivity index is 0.00000397. The number of nitrogens with two attached hydrogens (primary N) is 1. The van der Waals surface area contributed by atoms with Crippen molar-refractivity contribution in [1.29, 1.82) is 0 Å². The topological polar surface area (TPSA) is 333 Å².